The Hall–Kier alpha value is -2.14. The highest BCUT2D eigenvalue weighted by atomic mass is 16.3. The number of nitrogens with zero attached hydrogens (tertiary/aromatic N) is 2. The molecule has 0 atom stereocenters. The van der Waals surface area contributed by atoms with Crippen LogP contribution in [0.1, 0.15) is 40.5 Å². The van der Waals surface area contributed by atoms with Gasteiger partial charge in [0.2, 0.25) is 0 Å². The van der Waals surface area contributed by atoms with Gasteiger partial charge in [0.15, 0.2) is 11.4 Å². The smallest absolute Gasteiger partial charge is 0.196 e. The average molecular weight is 324 g/mol. The average Bonchev–Trinajstić information content (AvgIpc) is 2.84. The second kappa shape index (κ2) is 5.18. The highest BCUT2D eigenvalue weighted by molar-refractivity contribution is 6.05. The van der Waals surface area contributed by atoms with E-state index in [0.717, 1.165) is 40.7 Å². The zero-order valence-corrected chi connectivity index (χ0v) is 14.7. The fourth-order valence-corrected chi connectivity index (χ4v) is 4.24. The molecule has 1 aromatic carbocycles. The SMILES string of the molecule is CC1(C)CC(Nc2ncnc3c2oc2ccccc23)CC(C)(C)N1. The number of rotatable bonds is 2. The van der Waals surface area contributed by atoms with Crippen molar-refractivity contribution >= 4 is 27.9 Å². The molecule has 0 spiro atoms. The van der Waals surface area contributed by atoms with Crippen LogP contribution in [0.3, 0.4) is 0 Å². The van der Waals surface area contributed by atoms with Crippen LogP contribution < -0.4 is 10.6 Å². The van der Waals surface area contributed by atoms with Gasteiger partial charge in [-0.3, -0.25) is 0 Å². The van der Waals surface area contributed by atoms with Gasteiger partial charge in [-0.2, -0.15) is 0 Å². The molecule has 0 aliphatic carbocycles. The van der Waals surface area contributed by atoms with Crippen LogP contribution in [0.2, 0.25) is 0 Å². The third kappa shape index (κ3) is 2.73. The molecule has 2 aromatic heterocycles. The van der Waals surface area contributed by atoms with Crippen molar-refractivity contribution in [1.82, 2.24) is 15.3 Å². The number of aromatic nitrogens is 2. The Kier molecular flexibility index (Phi) is 3.32. The Bertz CT molecular complexity index is 881. The van der Waals surface area contributed by atoms with E-state index in [1.807, 2.05) is 24.3 Å². The van der Waals surface area contributed by atoms with Crippen molar-refractivity contribution in [2.45, 2.75) is 57.7 Å². The summed E-state index contributed by atoms with van der Waals surface area (Å²) in [4.78, 5) is 8.88. The van der Waals surface area contributed by atoms with E-state index in [1.165, 1.54) is 0 Å². The first kappa shape index (κ1) is 15.4. The van der Waals surface area contributed by atoms with E-state index >= 15 is 0 Å². The zero-order valence-electron chi connectivity index (χ0n) is 14.7. The number of benzene rings is 1. The summed E-state index contributed by atoms with van der Waals surface area (Å²) in [5.74, 6) is 0.787. The predicted molar refractivity (Wildman–Crippen MR) is 97.2 cm³/mol. The Morgan fingerprint density at radius 3 is 2.54 bits per heavy atom. The highest BCUT2D eigenvalue weighted by Crippen LogP contribution is 2.34. The maximum atomic E-state index is 6.03. The van der Waals surface area contributed by atoms with Gasteiger partial charge in [-0.15, -0.1) is 0 Å². The minimum atomic E-state index is 0.0828. The van der Waals surface area contributed by atoms with Crippen molar-refractivity contribution in [3.63, 3.8) is 0 Å². The molecule has 3 aromatic rings. The Morgan fingerprint density at radius 2 is 1.79 bits per heavy atom. The van der Waals surface area contributed by atoms with Gasteiger partial charge in [-0.05, 0) is 52.7 Å². The number of fused-ring (bicyclic) bond motifs is 3. The molecule has 1 aliphatic heterocycles. The zero-order chi connectivity index (χ0) is 16.9. The summed E-state index contributed by atoms with van der Waals surface area (Å²) < 4.78 is 6.03. The lowest BCUT2D eigenvalue weighted by Gasteiger charge is -2.46. The standard InChI is InChI=1S/C19H24N4O/c1-18(2)9-12(10-19(3,4)23-18)22-17-16-15(20-11-21-17)13-7-5-6-8-14(13)24-16/h5-8,11-12,23H,9-10H2,1-4H3,(H,20,21,22). The molecule has 1 fully saturated rings. The van der Waals surface area contributed by atoms with Gasteiger partial charge in [0.25, 0.3) is 0 Å². The van der Waals surface area contributed by atoms with Crippen LogP contribution in [0.25, 0.3) is 22.1 Å². The maximum absolute atomic E-state index is 6.03. The third-order valence-corrected chi connectivity index (χ3v) is 4.69. The maximum Gasteiger partial charge on any atom is 0.196 e. The first-order valence-corrected chi connectivity index (χ1v) is 8.51. The molecule has 1 aliphatic rings. The van der Waals surface area contributed by atoms with Crippen molar-refractivity contribution in [1.29, 1.82) is 0 Å². The van der Waals surface area contributed by atoms with Gasteiger partial charge in [-0.1, -0.05) is 12.1 Å². The van der Waals surface area contributed by atoms with E-state index < -0.39 is 0 Å². The van der Waals surface area contributed by atoms with Gasteiger partial charge in [0.1, 0.15) is 17.4 Å². The molecule has 3 heterocycles. The number of anilines is 1. The molecule has 4 rings (SSSR count). The first-order chi connectivity index (χ1) is 11.3. The minimum absolute atomic E-state index is 0.0828. The van der Waals surface area contributed by atoms with Crippen molar-refractivity contribution in [3.05, 3.63) is 30.6 Å². The summed E-state index contributed by atoms with van der Waals surface area (Å²) in [6.45, 7) is 9.00. The number of para-hydroxylation sites is 1. The Labute approximate surface area is 141 Å². The largest absolute Gasteiger partial charge is 0.450 e. The number of piperidine rings is 1. The van der Waals surface area contributed by atoms with Crippen LogP contribution >= 0.6 is 0 Å². The van der Waals surface area contributed by atoms with Crippen LogP contribution in [0.4, 0.5) is 5.82 Å². The number of hydrogen-bond acceptors (Lipinski definition) is 5. The number of hydrogen-bond donors (Lipinski definition) is 2. The van der Waals surface area contributed by atoms with Gasteiger partial charge >= 0.3 is 0 Å². The molecule has 0 saturated carbocycles. The molecule has 5 nitrogen and oxygen atoms in total. The third-order valence-electron chi connectivity index (χ3n) is 4.69. The van der Waals surface area contributed by atoms with Crippen LogP contribution in [0.5, 0.6) is 0 Å². The van der Waals surface area contributed by atoms with E-state index in [9.17, 15) is 0 Å². The fraction of sp³-hybridized carbons (Fsp3) is 0.474. The van der Waals surface area contributed by atoms with Crippen LogP contribution in [-0.2, 0) is 0 Å². The van der Waals surface area contributed by atoms with Gasteiger partial charge in [0, 0.05) is 22.5 Å². The van der Waals surface area contributed by atoms with E-state index in [2.05, 4.69) is 48.3 Å². The molecule has 24 heavy (non-hydrogen) atoms. The van der Waals surface area contributed by atoms with Gasteiger partial charge in [0.05, 0.1) is 0 Å². The molecule has 0 amide bonds. The van der Waals surface area contributed by atoms with Crippen molar-refractivity contribution in [2.75, 3.05) is 5.32 Å². The van der Waals surface area contributed by atoms with Crippen molar-refractivity contribution in [2.24, 2.45) is 0 Å². The van der Waals surface area contributed by atoms with Crippen LogP contribution in [0, 0.1) is 0 Å². The highest BCUT2D eigenvalue weighted by Gasteiger charge is 2.38. The van der Waals surface area contributed by atoms with E-state index in [0.29, 0.717) is 6.04 Å². The molecule has 5 heteroatoms. The van der Waals surface area contributed by atoms with Crippen molar-refractivity contribution in [3.8, 4) is 0 Å². The lowest BCUT2D eigenvalue weighted by Crippen LogP contribution is -2.60. The van der Waals surface area contributed by atoms with Crippen LogP contribution in [-0.4, -0.2) is 27.1 Å². The summed E-state index contributed by atoms with van der Waals surface area (Å²) >= 11 is 0. The number of furan rings is 1. The topological polar surface area (TPSA) is 63.0 Å². The molecule has 0 bridgehead atoms. The lowest BCUT2D eigenvalue weighted by atomic mass is 9.79. The van der Waals surface area contributed by atoms with E-state index in [-0.39, 0.29) is 11.1 Å². The fourth-order valence-electron chi connectivity index (χ4n) is 4.24. The summed E-state index contributed by atoms with van der Waals surface area (Å²) in [7, 11) is 0. The van der Waals surface area contributed by atoms with E-state index in [4.69, 9.17) is 4.42 Å². The molecule has 0 radical (unpaired) electrons. The Morgan fingerprint density at radius 1 is 1.08 bits per heavy atom. The summed E-state index contributed by atoms with van der Waals surface area (Å²) in [6, 6.07) is 8.32. The monoisotopic (exact) mass is 324 g/mol. The summed E-state index contributed by atoms with van der Waals surface area (Å²) in [5.41, 5.74) is 2.63. The predicted octanol–water partition coefficient (Wildman–Crippen LogP) is 4.10. The number of nitrogens with one attached hydrogen (secondary N) is 2. The molecule has 0 unspecified atom stereocenters. The minimum Gasteiger partial charge on any atom is -0.450 e. The van der Waals surface area contributed by atoms with E-state index in [1.54, 1.807) is 6.33 Å². The summed E-state index contributed by atoms with van der Waals surface area (Å²) in [5, 5.41) is 8.35. The van der Waals surface area contributed by atoms with Crippen LogP contribution in [0.15, 0.2) is 35.0 Å². The second-order valence-corrected chi connectivity index (χ2v) is 8.14. The quantitative estimate of drug-likeness (QED) is 0.743. The second-order valence-electron chi connectivity index (χ2n) is 8.14. The Balaban J connectivity index is 1.72. The first-order valence-electron chi connectivity index (χ1n) is 8.51. The molecular formula is C19H24N4O. The lowest BCUT2D eigenvalue weighted by molar-refractivity contribution is 0.170. The molecule has 1 saturated heterocycles. The molecular weight excluding hydrogens is 300 g/mol. The molecule has 2 N–H and O–H groups in total. The molecule has 126 valence electrons. The van der Waals surface area contributed by atoms with Gasteiger partial charge in [-0.25, -0.2) is 9.97 Å². The summed E-state index contributed by atoms with van der Waals surface area (Å²) in [6.07, 6.45) is 3.67. The van der Waals surface area contributed by atoms with Crippen molar-refractivity contribution < 1.29 is 4.42 Å². The normalized spacial score (nSPS) is 20.5. The van der Waals surface area contributed by atoms with Gasteiger partial charge < -0.3 is 15.1 Å².